The number of nitrogens with one attached hydrogen (secondary N) is 1. The summed E-state index contributed by atoms with van der Waals surface area (Å²) >= 11 is 1.79. The summed E-state index contributed by atoms with van der Waals surface area (Å²) in [5, 5.41) is 39.8. The third-order valence-electron chi connectivity index (χ3n) is 12.4. The van der Waals surface area contributed by atoms with Crippen molar-refractivity contribution in [1.29, 1.82) is 5.26 Å². The number of nitrogens with zero attached hydrogens (tertiary/aromatic N) is 10. The number of pyridine rings is 1. The van der Waals surface area contributed by atoms with Crippen LogP contribution in [0.3, 0.4) is 0 Å². The Morgan fingerprint density at radius 3 is 1.84 bits per heavy atom. The second kappa shape index (κ2) is 20.0. The summed E-state index contributed by atoms with van der Waals surface area (Å²) in [5.41, 5.74) is 1.49. The Kier molecular flexibility index (Phi) is 14.1. The summed E-state index contributed by atoms with van der Waals surface area (Å²) in [6.07, 6.45) is 0. The Bertz CT molecular complexity index is 4680. The fourth-order valence-corrected chi connectivity index (χ4v) is 14.2. The molecule has 5 N–H and O–H groups in total. The number of rotatable bonds is 14. The topological polar surface area (TPSA) is 381 Å². The number of benzene rings is 5. The van der Waals surface area contributed by atoms with Gasteiger partial charge in [-0.1, -0.05) is 46.9 Å². The van der Waals surface area contributed by atoms with Crippen molar-refractivity contribution in [3.05, 3.63) is 133 Å². The van der Waals surface area contributed by atoms with E-state index in [4.69, 9.17) is 9.97 Å². The van der Waals surface area contributed by atoms with E-state index in [1.165, 1.54) is 93.3 Å². The first kappa shape index (κ1) is 55.7. The van der Waals surface area contributed by atoms with Gasteiger partial charge < -0.3 is 5.32 Å². The van der Waals surface area contributed by atoms with Crippen LogP contribution in [0, 0.1) is 69.9 Å². The van der Waals surface area contributed by atoms with E-state index in [1.807, 2.05) is 6.07 Å². The molecule has 0 aliphatic carbocycles. The highest BCUT2D eigenvalue weighted by atomic mass is 32.2. The molecule has 0 saturated carbocycles. The fourth-order valence-electron chi connectivity index (χ4n) is 9.16. The lowest BCUT2D eigenvalue weighted by Gasteiger charge is -2.28. The summed E-state index contributed by atoms with van der Waals surface area (Å²) < 4.78 is 143. The standard InChI is InChI=1S/C48H39N11O14S6/c1-22-15-25(4)43(78(68,69)70)27(6)39(22)53-45-40(54-55-46-33(21-49)41(29-9-8-10-30(18-29)59(60)61)56-58(46)48-51-35-14-12-32(77(65,66)67)20-37(35)75-48)23(2)17-38(52-45)57(42-24(3)16-26(5)44(28(42)7)79(71,72)73)47-50-34-13-11-31(76(62,63)64)19-36(34)74-47/h8-20H,1-7H3,(H,52,53)(H,62,63,64)(H,65,66,67)(H,68,69,70)(H,71,72,73). The molecule has 9 aromatic rings. The van der Waals surface area contributed by atoms with Crippen LogP contribution in [0.2, 0.25) is 0 Å². The highest BCUT2D eigenvalue weighted by Crippen LogP contribution is 2.47. The van der Waals surface area contributed by atoms with E-state index >= 15 is 0 Å². The number of aryl methyl sites for hydroxylation is 5. The van der Waals surface area contributed by atoms with Gasteiger partial charge in [-0.15, -0.1) is 10.2 Å². The van der Waals surface area contributed by atoms with Gasteiger partial charge in [0.1, 0.15) is 38.6 Å². The maximum atomic E-state index is 13.1. The minimum Gasteiger partial charge on any atom is -0.338 e. The maximum Gasteiger partial charge on any atom is 0.295 e. The van der Waals surface area contributed by atoms with E-state index in [0.717, 1.165) is 45.6 Å². The van der Waals surface area contributed by atoms with E-state index in [-0.39, 0.29) is 116 Å². The van der Waals surface area contributed by atoms with Crippen molar-refractivity contribution in [1.82, 2.24) is 24.7 Å². The highest BCUT2D eigenvalue weighted by molar-refractivity contribution is 7.86. The summed E-state index contributed by atoms with van der Waals surface area (Å²) in [7, 11) is -19.1. The molecule has 9 rings (SSSR count). The molecule has 406 valence electrons. The first-order valence-corrected chi connectivity index (χ1v) is 30.0. The largest absolute Gasteiger partial charge is 0.338 e. The zero-order valence-corrected chi connectivity index (χ0v) is 46.7. The van der Waals surface area contributed by atoms with Crippen molar-refractivity contribution < 1.29 is 56.8 Å². The van der Waals surface area contributed by atoms with Crippen molar-refractivity contribution in [2.75, 3.05) is 10.2 Å². The molecule has 4 aromatic heterocycles. The van der Waals surface area contributed by atoms with Gasteiger partial charge in [0, 0.05) is 23.4 Å². The third-order valence-corrected chi connectivity index (χ3v) is 18.3. The average molecular weight is 1190 g/mol. The molecular weight excluding hydrogens is 1150 g/mol. The van der Waals surface area contributed by atoms with Crippen molar-refractivity contribution in [2.24, 2.45) is 10.2 Å². The molecular formula is C48H39N11O14S6. The van der Waals surface area contributed by atoms with Crippen LogP contribution in [0.1, 0.15) is 44.5 Å². The smallest absolute Gasteiger partial charge is 0.295 e. The monoisotopic (exact) mass is 1190 g/mol. The van der Waals surface area contributed by atoms with Crippen molar-refractivity contribution in [3.8, 4) is 22.5 Å². The predicted octanol–water partition coefficient (Wildman–Crippen LogP) is 10.7. The Hall–Kier alpha value is -8.03. The van der Waals surface area contributed by atoms with Gasteiger partial charge in [-0.05, 0) is 130 Å². The predicted molar refractivity (Wildman–Crippen MR) is 292 cm³/mol. The van der Waals surface area contributed by atoms with E-state index in [0.29, 0.717) is 11.1 Å². The van der Waals surface area contributed by atoms with Crippen LogP contribution in [-0.2, 0) is 40.5 Å². The van der Waals surface area contributed by atoms with Crippen LogP contribution in [-0.4, -0.2) is 81.5 Å². The number of anilines is 5. The number of nitro benzene ring substituents is 1. The molecule has 0 radical (unpaired) electrons. The Balaban J connectivity index is 1.35. The molecule has 0 fully saturated rings. The van der Waals surface area contributed by atoms with Gasteiger partial charge in [0.15, 0.2) is 16.8 Å². The zero-order valence-electron chi connectivity index (χ0n) is 41.8. The number of azo groups is 1. The van der Waals surface area contributed by atoms with Crippen LogP contribution in [0.4, 0.5) is 45.3 Å². The molecule has 0 amide bonds. The quantitative estimate of drug-likeness (QED) is 0.0292. The number of hydrogen-bond donors (Lipinski definition) is 5. The third kappa shape index (κ3) is 10.6. The average Bonchev–Trinajstić information content (AvgIpc) is 4.31. The molecule has 79 heavy (non-hydrogen) atoms. The van der Waals surface area contributed by atoms with Gasteiger partial charge in [0.2, 0.25) is 5.13 Å². The number of nitriles is 1. The van der Waals surface area contributed by atoms with E-state index < -0.39 is 65.0 Å². The van der Waals surface area contributed by atoms with Crippen LogP contribution < -0.4 is 10.2 Å². The second-order valence-corrected chi connectivity index (χ2v) is 25.4. The summed E-state index contributed by atoms with van der Waals surface area (Å²) in [4.78, 5) is 25.3. The van der Waals surface area contributed by atoms with Crippen molar-refractivity contribution in [2.45, 2.75) is 68.0 Å². The summed E-state index contributed by atoms with van der Waals surface area (Å²) in [5.74, 6) is -0.558. The van der Waals surface area contributed by atoms with Crippen LogP contribution >= 0.6 is 22.7 Å². The SMILES string of the molecule is Cc1cc(N(c2nc3ccc(S(=O)(=O)O)cc3s2)c2c(C)cc(C)c(S(=O)(=O)O)c2C)nc(Nc2c(C)cc(C)c(S(=O)(=O)O)c2C)c1N=Nc1c(C#N)c(-c2cccc([N+](=O)[O-])c2)nn1-c1nc2ccc(S(=O)(=O)O)cc2s1. The van der Waals surface area contributed by atoms with Gasteiger partial charge in [0.05, 0.1) is 40.8 Å². The van der Waals surface area contributed by atoms with Gasteiger partial charge in [-0.25, -0.2) is 15.0 Å². The normalized spacial score (nSPS) is 12.4. The lowest BCUT2D eigenvalue weighted by Crippen LogP contribution is -2.17. The van der Waals surface area contributed by atoms with Crippen molar-refractivity contribution >= 4 is 129 Å². The molecule has 25 nitrogen and oxygen atoms in total. The van der Waals surface area contributed by atoms with Crippen molar-refractivity contribution in [3.63, 3.8) is 0 Å². The molecule has 0 bridgehead atoms. The molecule has 0 atom stereocenters. The Morgan fingerprint density at radius 2 is 1.25 bits per heavy atom. The minimum absolute atomic E-state index is 0.0138. The maximum absolute atomic E-state index is 13.1. The minimum atomic E-state index is -4.91. The number of thiazole rings is 2. The van der Waals surface area contributed by atoms with Crippen LogP contribution in [0.5, 0.6) is 0 Å². The number of fused-ring (bicyclic) bond motifs is 2. The van der Waals surface area contributed by atoms with E-state index in [2.05, 4.69) is 25.6 Å². The molecule has 4 heterocycles. The number of nitro groups is 1. The lowest BCUT2D eigenvalue weighted by atomic mass is 10.0. The van der Waals surface area contributed by atoms with Gasteiger partial charge in [0.25, 0.3) is 46.2 Å². The van der Waals surface area contributed by atoms with E-state index in [1.54, 1.807) is 20.8 Å². The van der Waals surface area contributed by atoms with Gasteiger partial charge >= 0.3 is 0 Å². The van der Waals surface area contributed by atoms with Crippen LogP contribution in [0.15, 0.2) is 109 Å². The molecule has 0 aliphatic heterocycles. The molecule has 5 aromatic carbocycles. The lowest BCUT2D eigenvalue weighted by molar-refractivity contribution is -0.384. The molecule has 0 saturated heterocycles. The highest BCUT2D eigenvalue weighted by Gasteiger charge is 2.31. The first-order chi connectivity index (χ1) is 36.8. The molecule has 0 spiro atoms. The molecule has 31 heteroatoms. The number of aromatic nitrogens is 5. The summed E-state index contributed by atoms with van der Waals surface area (Å²) in [6, 6.07) is 19.0. The van der Waals surface area contributed by atoms with E-state index in [9.17, 15) is 67.3 Å². The Morgan fingerprint density at radius 1 is 0.671 bits per heavy atom. The van der Waals surface area contributed by atoms with Crippen LogP contribution in [0.25, 0.3) is 36.8 Å². The Labute approximate surface area is 457 Å². The summed E-state index contributed by atoms with van der Waals surface area (Å²) in [6.45, 7) is 10.7. The first-order valence-electron chi connectivity index (χ1n) is 22.6. The fraction of sp³-hybridized carbons (Fsp3) is 0.146. The zero-order chi connectivity index (χ0) is 57.6. The van der Waals surface area contributed by atoms with Gasteiger partial charge in [-0.3, -0.25) is 33.2 Å². The van der Waals surface area contributed by atoms with Gasteiger partial charge in [-0.2, -0.15) is 48.7 Å². The number of hydrogen-bond acceptors (Lipinski definition) is 21. The second-order valence-electron chi connectivity index (χ2n) is 17.8. The molecule has 0 aliphatic rings. The number of non-ortho nitro benzene ring substituents is 1. The molecule has 0 unspecified atom stereocenters.